The fourth-order valence-corrected chi connectivity index (χ4v) is 2.46. The zero-order chi connectivity index (χ0) is 13.8. The van der Waals surface area contributed by atoms with Crippen LogP contribution in [-0.2, 0) is 13.6 Å². The van der Waals surface area contributed by atoms with Crippen molar-refractivity contribution in [1.82, 2.24) is 14.7 Å². The summed E-state index contributed by atoms with van der Waals surface area (Å²) < 4.78 is 1.88. The Kier molecular flexibility index (Phi) is 3.97. The largest absolute Gasteiger partial charge is 0.292 e. The minimum absolute atomic E-state index is 0.760. The molecule has 1 saturated carbocycles. The number of hydrogen-bond donors (Lipinski definition) is 0. The van der Waals surface area contributed by atoms with Crippen LogP contribution in [0.3, 0.4) is 0 Å². The van der Waals surface area contributed by atoms with Crippen LogP contribution in [0.1, 0.15) is 24.0 Å². The van der Waals surface area contributed by atoms with E-state index in [1.807, 2.05) is 17.9 Å². The van der Waals surface area contributed by atoms with E-state index in [0.29, 0.717) is 0 Å². The highest BCUT2D eigenvalue weighted by atomic mass is 15.2. The van der Waals surface area contributed by atoms with E-state index in [9.17, 15) is 0 Å². The molecule has 0 radical (unpaired) electrons. The topological polar surface area (TPSA) is 21.1 Å². The van der Waals surface area contributed by atoms with Crippen molar-refractivity contribution < 1.29 is 0 Å². The predicted octanol–water partition coefficient (Wildman–Crippen LogP) is 3.10. The Bertz CT molecular complexity index is 567. The van der Waals surface area contributed by atoms with E-state index in [1.165, 1.54) is 24.0 Å². The zero-order valence-electron chi connectivity index (χ0n) is 11.9. The predicted molar refractivity (Wildman–Crippen MR) is 82.1 cm³/mol. The van der Waals surface area contributed by atoms with Gasteiger partial charge in [-0.3, -0.25) is 9.58 Å². The molecule has 0 saturated heterocycles. The van der Waals surface area contributed by atoms with E-state index in [2.05, 4.69) is 58.7 Å². The van der Waals surface area contributed by atoms with E-state index < -0.39 is 0 Å². The Morgan fingerprint density at radius 1 is 1.30 bits per heavy atom. The molecule has 0 bridgehead atoms. The molecule has 1 aromatic heterocycles. The summed E-state index contributed by atoms with van der Waals surface area (Å²) >= 11 is 0. The molecule has 20 heavy (non-hydrogen) atoms. The van der Waals surface area contributed by atoms with Crippen molar-refractivity contribution in [3.63, 3.8) is 0 Å². The number of hydrogen-bond acceptors (Lipinski definition) is 2. The van der Waals surface area contributed by atoms with Crippen LogP contribution in [0.2, 0.25) is 0 Å². The lowest BCUT2D eigenvalue weighted by Gasteiger charge is -2.19. The molecule has 0 aliphatic heterocycles. The minimum atomic E-state index is 0.760. The molecule has 0 unspecified atom stereocenters. The summed E-state index contributed by atoms with van der Waals surface area (Å²) in [4.78, 5) is 2.54. The maximum atomic E-state index is 4.25. The lowest BCUT2D eigenvalue weighted by molar-refractivity contribution is 0.284. The smallest absolute Gasteiger partial charge is 0.0534 e. The highest BCUT2D eigenvalue weighted by Gasteiger charge is 2.28. The average molecular weight is 267 g/mol. The fourth-order valence-electron chi connectivity index (χ4n) is 2.46. The Morgan fingerprint density at radius 2 is 2.10 bits per heavy atom. The van der Waals surface area contributed by atoms with E-state index >= 15 is 0 Å². The van der Waals surface area contributed by atoms with Crippen molar-refractivity contribution >= 4 is 6.08 Å². The lowest BCUT2D eigenvalue weighted by atomic mass is 10.2. The van der Waals surface area contributed by atoms with E-state index in [0.717, 1.165) is 19.1 Å². The van der Waals surface area contributed by atoms with Crippen LogP contribution in [0.5, 0.6) is 0 Å². The Hall–Kier alpha value is -1.87. The second kappa shape index (κ2) is 6.06. The molecule has 104 valence electrons. The summed E-state index contributed by atoms with van der Waals surface area (Å²) in [5.41, 5.74) is 2.57. The fraction of sp³-hybridized carbons (Fsp3) is 0.353. The molecule has 0 N–H and O–H groups in total. The average Bonchev–Trinajstić information content (AvgIpc) is 3.23. The summed E-state index contributed by atoms with van der Waals surface area (Å²) in [5, 5.41) is 4.25. The van der Waals surface area contributed by atoms with Crippen LogP contribution in [0.15, 0.2) is 48.8 Å². The van der Waals surface area contributed by atoms with Gasteiger partial charge in [0, 0.05) is 37.9 Å². The monoisotopic (exact) mass is 267 g/mol. The SMILES string of the molecule is Cn1cc(CN(C/C=C/c2ccccc2)C2CC2)cn1. The minimum Gasteiger partial charge on any atom is -0.292 e. The molecule has 0 atom stereocenters. The molecule has 1 aliphatic rings. The zero-order valence-corrected chi connectivity index (χ0v) is 11.9. The standard InChI is InChI=1S/C17H21N3/c1-19-13-16(12-18-19)14-20(17-9-10-17)11-5-8-15-6-3-2-4-7-15/h2-8,12-13,17H,9-11,14H2,1H3/b8-5+. The van der Waals surface area contributed by atoms with Crippen LogP contribution in [0.4, 0.5) is 0 Å². The van der Waals surface area contributed by atoms with E-state index in [4.69, 9.17) is 0 Å². The first-order valence-electron chi connectivity index (χ1n) is 7.24. The maximum absolute atomic E-state index is 4.25. The lowest BCUT2D eigenvalue weighted by Crippen LogP contribution is -2.25. The van der Waals surface area contributed by atoms with Crippen LogP contribution >= 0.6 is 0 Å². The van der Waals surface area contributed by atoms with Gasteiger partial charge in [0.1, 0.15) is 0 Å². The summed E-state index contributed by atoms with van der Waals surface area (Å²) in [6.07, 6.45) is 11.2. The third-order valence-electron chi connectivity index (χ3n) is 3.66. The first kappa shape index (κ1) is 13.1. The molecule has 1 heterocycles. The van der Waals surface area contributed by atoms with Gasteiger partial charge in [-0.1, -0.05) is 42.5 Å². The van der Waals surface area contributed by atoms with Gasteiger partial charge in [0.05, 0.1) is 6.20 Å². The first-order valence-corrected chi connectivity index (χ1v) is 7.24. The Labute approximate surface area is 120 Å². The van der Waals surface area contributed by atoms with Crippen molar-refractivity contribution in [2.45, 2.75) is 25.4 Å². The molecule has 2 aromatic rings. The molecule has 1 aliphatic carbocycles. The number of aromatic nitrogens is 2. The number of benzene rings is 1. The Balaban J connectivity index is 1.59. The second-order valence-electron chi connectivity index (χ2n) is 5.50. The van der Waals surface area contributed by atoms with E-state index in [1.54, 1.807) is 0 Å². The summed E-state index contributed by atoms with van der Waals surface area (Å²) in [6, 6.07) is 11.2. The summed E-state index contributed by atoms with van der Waals surface area (Å²) in [6.45, 7) is 2.01. The molecule has 3 rings (SSSR count). The quantitative estimate of drug-likeness (QED) is 0.802. The van der Waals surface area contributed by atoms with Crippen molar-refractivity contribution in [3.05, 3.63) is 59.9 Å². The van der Waals surface area contributed by atoms with Gasteiger partial charge < -0.3 is 0 Å². The molecular weight excluding hydrogens is 246 g/mol. The van der Waals surface area contributed by atoms with Crippen molar-refractivity contribution in [3.8, 4) is 0 Å². The maximum Gasteiger partial charge on any atom is 0.0534 e. The molecule has 3 nitrogen and oxygen atoms in total. The van der Waals surface area contributed by atoms with Gasteiger partial charge in [0.25, 0.3) is 0 Å². The number of rotatable bonds is 6. The van der Waals surface area contributed by atoms with Crippen LogP contribution in [0, 0.1) is 0 Å². The van der Waals surface area contributed by atoms with Crippen LogP contribution < -0.4 is 0 Å². The second-order valence-corrected chi connectivity index (χ2v) is 5.50. The van der Waals surface area contributed by atoms with Gasteiger partial charge in [0.15, 0.2) is 0 Å². The number of aryl methyl sites for hydroxylation is 1. The molecule has 0 amide bonds. The van der Waals surface area contributed by atoms with Gasteiger partial charge >= 0.3 is 0 Å². The van der Waals surface area contributed by atoms with Crippen molar-refractivity contribution in [1.29, 1.82) is 0 Å². The normalized spacial score (nSPS) is 15.3. The van der Waals surface area contributed by atoms with E-state index in [-0.39, 0.29) is 0 Å². The third-order valence-corrected chi connectivity index (χ3v) is 3.66. The van der Waals surface area contributed by atoms with Gasteiger partial charge in [-0.2, -0.15) is 5.10 Å². The Morgan fingerprint density at radius 3 is 2.75 bits per heavy atom. The molecule has 3 heteroatoms. The molecule has 1 fully saturated rings. The van der Waals surface area contributed by atoms with Crippen molar-refractivity contribution in [2.24, 2.45) is 7.05 Å². The summed E-state index contributed by atoms with van der Waals surface area (Å²) in [7, 11) is 1.97. The first-order chi connectivity index (χ1) is 9.81. The van der Waals surface area contributed by atoms with Gasteiger partial charge in [-0.25, -0.2) is 0 Å². The molecule has 0 spiro atoms. The van der Waals surface area contributed by atoms with Crippen LogP contribution in [0.25, 0.3) is 6.08 Å². The highest BCUT2D eigenvalue weighted by molar-refractivity contribution is 5.48. The van der Waals surface area contributed by atoms with Gasteiger partial charge in [0.2, 0.25) is 0 Å². The van der Waals surface area contributed by atoms with Gasteiger partial charge in [-0.15, -0.1) is 0 Å². The van der Waals surface area contributed by atoms with Gasteiger partial charge in [-0.05, 0) is 18.4 Å². The highest BCUT2D eigenvalue weighted by Crippen LogP contribution is 2.28. The summed E-state index contributed by atoms with van der Waals surface area (Å²) in [5.74, 6) is 0. The van der Waals surface area contributed by atoms with Crippen LogP contribution in [-0.4, -0.2) is 27.3 Å². The van der Waals surface area contributed by atoms with Crippen molar-refractivity contribution in [2.75, 3.05) is 6.54 Å². The molecular formula is C17H21N3. The molecule has 1 aromatic carbocycles. The third kappa shape index (κ3) is 3.58. The number of nitrogens with zero attached hydrogens (tertiary/aromatic N) is 3.